The van der Waals surface area contributed by atoms with E-state index in [1.165, 1.54) is 11.8 Å². The number of nitrogens with one attached hydrogen (secondary N) is 1. The Hall–Kier alpha value is -0.830. The SMILES string of the molecule is CCc1c(I)c(=O)oc2nc(SC)[nH]c(=O)c12. The maximum atomic E-state index is 11.9. The molecule has 0 atom stereocenters. The first kappa shape index (κ1) is 12.6. The van der Waals surface area contributed by atoms with Gasteiger partial charge in [-0.15, -0.1) is 0 Å². The normalized spacial score (nSPS) is 11.0. The zero-order valence-electron chi connectivity index (χ0n) is 9.17. The number of aryl methyl sites for hydroxylation is 1. The van der Waals surface area contributed by atoms with Gasteiger partial charge in [0.25, 0.3) is 5.56 Å². The highest BCUT2D eigenvalue weighted by molar-refractivity contribution is 14.1. The molecule has 7 heteroatoms. The molecule has 0 bridgehead atoms. The number of rotatable bonds is 2. The molecule has 2 aromatic heterocycles. The van der Waals surface area contributed by atoms with E-state index in [4.69, 9.17) is 4.42 Å². The average Bonchev–Trinajstić information content (AvgIpc) is 2.31. The van der Waals surface area contributed by atoms with E-state index in [-0.39, 0.29) is 11.3 Å². The minimum Gasteiger partial charge on any atom is -0.403 e. The molecule has 1 N–H and O–H groups in total. The fourth-order valence-corrected chi connectivity index (χ4v) is 2.70. The Morgan fingerprint density at radius 3 is 2.76 bits per heavy atom. The van der Waals surface area contributed by atoms with E-state index in [0.717, 1.165) is 0 Å². The van der Waals surface area contributed by atoms with Crippen LogP contribution >= 0.6 is 34.4 Å². The molecule has 2 aromatic rings. The van der Waals surface area contributed by atoms with Gasteiger partial charge in [0.15, 0.2) is 5.16 Å². The van der Waals surface area contributed by atoms with Crippen LogP contribution in [0.4, 0.5) is 0 Å². The van der Waals surface area contributed by atoms with Crippen LogP contribution in [-0.2, 0) is 6.42 Å². The number of nitrogens with zero attached hydrogens (tertiary/aromatic N) is 1. The molecule has 0 aliphatic rings. The first-order valence-corrected chi connectivity index (χ1v) is 7.18. The fraction of sp³-hybridized carbons (Fsp3) is 0.300. The van der Waals surface area contributed by atoms with Crippen molar-refractivity contribution in [3.8, 4) is 0 Å². The Morgan fingerprint density at radius 1 is 1.47 bits per heavy atom. The van der Waals surface area contributed by atoms with E-state index < -0.39 is 5.63 Å². The van der Waals surface area contributed by atoms with Crippen LogP contribution in [0.2, 0.25) is 0 Å². The van der Waals surface area contributed by atoms with Gasteiger partial charge in [-0.25, -0.2) is 4.79 Å². The highest BCUT2D eigenvalue weighted by atomic mass is 127. The van der Waals surface area contributed by atoms with Crippen molar-refractivity contribution in [2.24, 2.45) is 0 Å². The Balaban J connectivity index is 3.00. The van der Waals surface area contributed by atoms with Gasteiger partial charge in [-0.1, -0.05) is 18.7 Å². The zero-order chi connectivity index (χ0) is 12.6. The number of H-pyrrole nitrogens is 1. The lowest BCUT2D eigenvalue weighted by Gasteiger charge is -2.04. The van der Waals surface area contributed by atoms with Gasteiger partial charge in [0.1, 0.15) is 8.96 Å². The standard InChI is InChI=1S/C10H9IN2O3S/c1-3-4-5-7(14)12-10(17-2)13-8(5)16-9(15)6(4)11/h3H2,1-2H3,(H,12,13,14). The highest BCUT2D eigenvalue weighted by Gasteiger charge is 2.15. The summed E-state index contributed by atoms with van der Waals surface area (Å²) in [5.41, 5.74) is 0.0941. The second-order valence-corrected chi connectivity index (χ2v) is 5.16. The summed E-state index contributed by atoms with van der Waals surface area (Å²) < 4.78 is 5.50. The monoisotopic (exact) mass is 364 g/mol. The van der Waals surface area contributed by atoms with Gasteiger partial charge in [0, 0.05) is 0 Å². The summed E-state index contributed by atoms with van der Waals surface area (Å²) >= 11 is 3.19. The molecule has 2 heterocycles. The molecule has 2 rings (SSSR count). The lowest BCUT2D eigenvalue weighted by molar-refractivity contribution is 0.536. The van der Waals surface area contributed by atoms with Crippen LogP contribution in [0.25, 0.3) is 11.1 Å². The summed E-state index contributed by atoms with van der Waals surface area (Å²) in [4.78, 5) is 30.3. The van der Waals surface area contributed by atoms with Gasteiger partial charge in [-0.05, 0) is 40.8 Å². The van der Waals surface area contributed by atoms with Gasteiger partial charge >= 0.3 is 5.63 Å². The number of fused-ring (bicyclic) bond motifs is 1. The molecule has 0 saturated heterocycles. The van der Waals surface area contributed by atoms with Crippen LogP contribution in [0.1, 0.15) is 12.5 Å². The predicted molar refractivity (Wildman–Crippen MR) is 74.8 cm³/mol. The Kier molecular flexibility index (Phi) is 3.57. The van der Waals surface area contributed by atoms with Crippen LogP contribution in [-0.4, -0.2) is 16.2 Å². The number of halogens is 1. The van der Waals surface area contributed by atoms with Crippen molar-refractivity contribution in [1.82, 2.24) is 9.97 Å². The van der Waals surface area contributed by atoms with Crippen molar-refractivity contribution in [1.29, 1.82) is 0 Å². The van der Waals surface area contributed by atoms with Crippen LogP contribution in [0.3, 0.4) is 0 Å². The van der Waals surface area contributed by atoms with Crippen LogP contribution in [0, 0.1) is 3.57 Å². The molecular formula is C10H9IN2O3S. The Labute approximate surface area is 114 Å². The predicted octanol–water partition coefficient (Wildman–Crippen LogP) is 1.77. The third-order valence-corrected chi connectivity index (χ3v) is 4.02. The summed E-state index contributed by atoms with van der Waals surface area (Å²) in [6, 6.07) is 0. The maximum absolute atomic E-state index is 11.9. The summed E-state index contributed by atoms with van der Waals surface area (Å²) in [5.74, 6) is 0. The molecule has 0 unspecified atom stereocenters. The Morgan fingerprint density at radius 2 is 2.18 bits per heavy atom. The largest absolute Gasteiger partial charge is 0.403 e. The smallest absolute Gasteiger partial charge is 0.351 e. The fourth-order valence-electron chi connectivity index (χ4n) is 1.57. The van der Waals surface area contributed by atoms with Crippen LogP contribution < -0.4 is 11.2 Å². The van der Waals surface area contributed by atoms with Crippen molar-refractivity contribution in [3.05, 3.63) is 29.9 Å². The van der Waals surface area contributed by atoms with Crippen LogP contribution in [0.15, 0.2) is 19.2 Å². The van der Waals surface area contributed by atoms with E-state index in [2.05, 4.69) is 9.97 Å². The summed E-state index contributed by atoms with van der Waals surface area (Å²) in [6.45, 7) is 1.89. The first-order chi connectivity index (χ1) is 8.08. The molecule has 0 aliphatic heterocycles. The molecule has 0 fully saturated rings. The molecule has 5 nitrogen and oxygen atoms in total. The highest BCUT2D eigenvalue weighted by Crippen LogP contribution is 2.18. The molecule has 0 saturated carbocycles. The van der Waals surface area contributed by atoms with Crippen molar-refractivity contribution < 1.29 is 4.42 Å². The third-order valence-electron chi connectivity index (χ3n) is 2.35. The molecule has 0 aliphatic carbocycles. The average molecular weight is 364 g/mol. The van der Waals surface area contributed by atoms with Crippen molar-refractivity contribution in [2.45, 2.75) is 18.5 Å². The molecule has 17 heavy (non-hydrogen) atoms. The topological polar surface area (TPSA) is 76.0 Å². The van der Waals surface area contributed by atoms with Crippen molar-refractivity contribution in [3.63, 3.8) is 0 Å². The second-order valence-electron chi connectivity index (χ2n) is 3.29. The van der Waals surface area contributed by atoms with E-state index in [1.807, 2.05) is 29.5 Å². The molecule has 90 valence electrons. The first-order valence-electron chi connectivity index (χ1n) is 4.88. The van der Waals surface area contributed by atoms with E-state index in [9.17, 15) is 9.59 Å². The lowest BCUT2D eigenvalue weighted by atomic mass is 10.1. The minimum atomic E-state index is -0.444. The Bertz CT molecular complexity index is 692. The quantitative estimate of drug-likeness (QED) is 0.499. The summed E-state index contributed by atoms with van der Waals surface area (Å²) in [7, 11) is 0. The second kappa shape index (κ2) is 4.81. The molecule has 0 aromatic carbocycles. The number of hydrogen-bond donors (Lipinski definition) is 1. The number of thioether (sulfide) groups is 1. The van der Waals surface area contributed by atoms with Gasteiger partial charge in [-0.2, -0.15) is 4.98 Å². The third kappa shape index (κ3) is 2.13. The molecule has 0 amide bonds. The number of aromatic nitrogens is 2. The summed E-state index contributed by atoms with van der Waals surface area (Å²) in [6.07, 6.45) is 2.37. The van der Waals surface area contributed by atoms with E-state index >= 15 is 0 Å². The van der Waals surface area contributed by atoms with Gasteiger partial charge in [0.2, 0.25) is 5.71 Å². The lowest BCUT2D eigenvalue weighted by Crippen LogP contribution is -2.17. The molecule has 0 spiro atoms. The molecular weight excluding hydrogens is 355 g/mol. The zero-order valence-corrected chi connectivity index (χ0v) is 12.1. The van der Waals surface area contributed by atoms with Gasteiger partial charge in [-0.3, -0.25) is 4.79 Å². The maximum Gasteiger partial charge on any atom is 0.351 e. The molecule has 0 radical (unpaired) electrons. The van der Waals surface area contributed by atoms with Crippen molar-refractivity contribution in [2.75, 3.05) is 6.26 Å². The van der Waals surface area contributed by atoms with E-state index in [0.29, 0.717) is 26.1 Å². The minimum absolute atomic E-state index is 0.111. The van der Waals surface area contributed by atoms with Crippen LogP contribution in [0.5, 0.6) is 0 Å². The van der Waals surface area contributed by atoms with Gasteiger partial charge in [0.05, 0.1) is 0 Å². The van der Waals surface area contributed by atoms with E-state index in [1.54, 1.807) is 6.26 Å². The summed E-state index contributed by atoms with van der Waals surface area (Å²) in [5, 5.41) is 0.809. The number of aromatic amines is 1. The van der Waals surface area contributed by atoms with Crippen molar-refractivity contribution >= 4 is 45.5 Å². The van der Waals surface area contributed by atoms with Gasteiger partial charge < -0.3 is 9.40 Å². The number of hydrogen-bond acceptors (Lipinski definition) is 5.